The minimum Gasteiger partial charge on any atom is -0.224 e. The molecule has 1 aromatic carbocycles. The van der Waals surface area contributed by atoms with E-state index in [1.165, 1.54) is 11.1 Å². The summed E-state index contributed by atoms with van der Waals surface area (Å²) in [6.45, 7) is 7.89. The van der Waals surface area contributed by atoms with Gasteiger partial charge in [0.15, 0.2) is 4.32 Å². The molecule has 2 N–H and O–H groups in total. The van der Waals surface area contributed by atoms with Crippen molar-refractivity contribution in [1.29, 1.82) is 0 Å². The molecule has 0 aliphatic heterocycles. The first-order chi connectivity index (χ1) is 8.67. The third-order valence-electron chi connectivity index (χ3n) is 2.30. The predicted octanol–water partition coefficient (Wildman–Crippen LogP) is 2.86. The normalized spacial score (nSPS) is 10.4. The van der Waals surface area contributed by atoms with E-state index < -0.39 is 0 Å². The molecule has 0 amide bonds. The zero-order valence-corrected chi connectivity index (χ0v) is 12.8. The number of hydrogen-bond acceptors (Lipinski definition) is 4. The van der Waals surface area contributed by atoms with Gasteiger partial charge in [0.1, 0.15) is 0 Å². The third kappa shape index (κ3) is 5.35. The average Bonchev–Trinajstić information content (AvgIpc) is 2.37. The maximum absolute atomic E-state index is 5.40. The lowest BCUT2D eigenvalue weighted by atomic mass is 10.2. The van der Waals surface area contributed by atoms with Crippen LogP contribution in [0, 0.1) is 6.92 Å². The van der Waals surface area contributed by atoms with Gasteiger partial charge in [-0.05, 0) is 24.7 Å². The molecule has 0 atom stereocenters. The fraction of sp³-hybridized carbons (Fsp3) is 0.462. The Labute approximate surface area is 119 Å². The van der Waals surface area contributed by atoms with Crippen molar-refractivity contribution in [3.8, 4) is 0 Å². The molecule has 1 aromatic rings. The molecule has 100 valence electrons. The number of nitrogens with one attached hydrogen (secondary N) is 2. The quantitative estimate of drug-likeness (QED) is 0.618. The minimum absolute atomic E-state index is 0.819. The summed E-state index contributed by atoms with van der Waals surface area (Å²) >= 11 is 7.05. The molecule has 0 saturated carbocycles. The van der Waals surface area contributed by atoms with Gasteiger partial charge in [0.25, 0.3) is 0 Å². The fourth-order valence-corrected chi connectivity index (χ4v) is 2.44. The van der Waals surface area contributed by atoms with Crippen molar-refractivity contribution in [3.63, 3.8) is 0 Å². The van der Waals surface area contributed by atoms with Crippen LogP contribution in [0.2, 0.25) is 0 Å². The van der Waals surface area contributed by atoms with E-state index in [-0.39, 0.29) is 0 Å². The van der Waals surface area contributed by atoms with Crippen LogP contribution in [-0.2, 0) is 5.75 Å². The van der Waals surface area contributed by atoms with Crippen LogP contribution < -0.4 is 10.9 Å². The van der Waals surface area contributed by atoms with Crippen molar-refractivity contribution < 1.29 is 0 Å². The lowest BCUT2D eigenvalue weighted by molar-refractivity contribution is 0.241. The molecule has 0 aromatic heterocycles. The number of aryl methyl sites for hydroxylation is 1. The Morgan fingerprint density at radius 2 is 1.72 bits per heavy atom. The van der Waals surface area contributed by atoms with E-state index in [9.17, 15) is 0 Å². The average molecular weight is 283 g/mol. The first-order valence-corrected chi connectivity index (χ1v) is 7.56. The second-order valence-electron chi connectivity index (χ2n) is 3.90. The number of benzene rings is 1. The van der Waals surface area contributed by atoms with E-state index in [0.717, 1.165) is 23.2 Å². The van der Waals surface area contributed by atoms with Gasteiger partial charge in [-0.15, -0.1) is 0 Å². The van der Waals surface area contributed by atoms with Crippen molar-refractivity contribution in [2.75, 3.05) is 13.1 Å². The molecular formula is C13H21N3S2. The van der Waals surface area contributed by atoms with E-state index in [2.05, 4.69) is 55.9 Å². The summed E-state index contributed by atoms with van der Waals surface area (Å²) in [6.07, 6.45) is 0. The number of rotatable bonds is 6. The Bertz CT molecular complexity index is 359. The molecule has 0 heterocycles. The Morgan fingerprint density at radius 1 is 1.17 bits per heavy atom. The second kappa shape index (κ2) is 8.48. The zero-order chi connectivity index (χ0) is 13.4. The predicted molar refractivity (Wildman–Crippen MR) is 84.3 cm³/mol. The lowest BCUT2D eigenvalue weighted by Crippen LogP contribution is -2.50. The summed E-state index contributed by atoms with van der Waals surface area (Å²) in [5.41, 5.74) is 8.96. The molecule has 3 nitrogen and oxygen atoms in total. The molecule has 1 rings (SSSR count). The van der Waals surface area contributed by atoms with Gasteiger partial charge in [-0.2, -0.15) is 0 Å². The summed E-state index contributed by atoms with van der Waals surface area (Å²) in [5.74, 6) is 0.895. The van der Waals surface area contributed by atoms with Gasteiger partial charge >= 0.3 is 0 Å². The van der Waals surface area contributed by atoms with Gasteiger partial charge in [0.2, 0.25) is 0 Å². The monoisotopic (exact) mass is 283 g/mol. The van der Waals surface area contributed by atoms with Crippen LogP contribution >= 0.6 is 24.0 Å². The third-order valence-corrected chi connectivity index (χ3v) is 3.74. The molecule has 0 bridgehead atoms. The van der Waals surface area contributed by atoms with E-state index in [1.807, 2.05) is 5.12 Å². The van der Waals surface area contributed by atoms with Gasteiger partial charge in [-0.25, -0.2) is 16.0 Å². The highest BCUT2D eigenvalue weighted by molar-refractivity contribution is 8.22. The summed E-state index contributed by atoms with van der Waals surface area (Å²) in [5, 5.41) is 1.83. The van der Waals surface area contributed by atoms with Gasteiger partial charge in [0.05, 0.1) is 0 Å². The number of nitrogens with zero attached hydrogens (tertiary/aromatic N) is 1. The first-order valence-electron chi connectivity index (χ1n) is 6.16. The van der Waals surface area contributed by atoms with Crippen LogP contribution in [0.5, 0.6) is 0 Å². The molecule has 0 saturated heterocycles. The SMILES string of the molecule is CCNN(NCC)C(=S)SCc1ccc(C)cc1. The van der Waals surface area contributed by atoms with Crippen molar-refractivity contribution in [1.82, 2.24) is 16.0 Å². The standard InChI is InChI=1S/C13H21N3S2/c1-4-14-16(15-5-2)13(17)18-10-12-8-6-11(3)7-9-12/h6-9,14-15H,4-5,10H2,1-3H3. The van der Waals surface area contributed by atoms with E-state index in [1.54, 1.807) is 11.8 Å². The molecule has 0 aliphatic carbocycles. The largest absolute Gasteiger partial charge is 0.224 e. The zero-order valence-electron chi connectivity index (χ0n) is 11.2. The van der Waals surface area contributed by atoms with Gasteiger partial charge in [-0.1, -0.05) is 55.4 Å². The Morgan fingerprint density at radius 3 is 2.22 bits per heavy atom. The van der Waals surface area contributed by atoms with E-state index >= 15 is 0 Å². The fourth-order valence-electron chi connectivity index (χ4n) is 1.40. The number of thioether (sulfide) groups is 1. The summed E-state index contributed by atoms with van der Waals surface area (Å²) in [6, 6.07) is 8.56. The number of thiocarbonyl (C=S) groups is 1. The van der Waals surface area contributed by atoms with Crippen LogP contribution in [0.4, 0.5) is 0 Å². The first kappa shape index (κ1) is 15.4. The van der Waals surface area contributed by atoms with E-state index in [0.29, 0.717) is 0 Å². The second-order valence-corrected chi connectivity index (χ2v) is 5.51. The highest BCUT2D eigenvalue weighted by atomic mass is 32.2. The van der Waals surface area contributed by atoms with Gasteiger partial charge in [0, 0.05) is 18.8 Å². The van der Waals surface area contributed by atoms with Crippen LogP contribution in [0.25, 0.3) is 0 Å². The van der Waals surface area contributed by atoms with Crippen LogP contribution in [0.1, 0.15) is 25.0 Å². The summed E-state index contributed by atoms with van der Waals surface area (Å²) in [7, 11) is 0. The maximum atomic E-state index is 5.40. The Hall–Kier alpha value is -0.620. The number of hydrogen-bond donors (Lipinski definition) is 2. The van der Waals surface area contributed by atoms with Gasteiger partial charge < -0.3 is 0 Å². The van der Waals surface area contributed by atoms with Crippen LogP contribution in [0.3, 0.4) is 0 Å². The molecule has 0 spiro atoms. The molecule has 0 unspecified atom stereocenters. The van der Waals surface area contributed by atoms with Crippen LogP contribution in [0.15, 0.2) is 24.3 Å². The Kier molecular flexibility index (Phi) is 7.27. The van der Waals surface area contributed by atoms with Crippen molar-refractivity contribution in [3.05, 3.63) is 35.4 Å². The summed E-state index contributed by atoms with van der Waals surface area (Å²) in [4.78, 5) is 0. The minimum atomic E-state index is 0.819. The molecular weight excluding hydrogens is 262 g/mol. The molecule has 0 aliphatic rings. The topological polar surface area (TPSA) is 27.3 Å². The Balaban J connectivity index is 2.45. The van der Waals surface area contributed by atoms with Crippen LogP contribution in [-0.4, -0.2) is 22.5 Å². The van der Waals surface area contributed by atoms with E-state index in [4.69, 9.17) is 12.2 Å². The van der Waals surface area contributed by atoms with Crippen molar-refractivity contribution in [2.24, 2.45) is 0 Å². The van der Waals surface area contributed by atoms with Crippen molar-refractivity contribution in [2.45, 2.75) is 26.5 Å². The molecule has 18 heavy (non-hydrogen) atoms. The molecule has 0 radical (unpaired) electrons. The number of hydrazine groups is 2. The lowest BCUT2D eigenvalue weighted by Gasteiger charge is -2.24. The van der Waals surface area contributed by atoms with Crippen molar-refractivity contribution >= 4 is 28.3 Å². The smallest absolute Gasteiger partial charge is 0.167 e. The van der Waals surface area contributed by atoms with Gasteiger partial charge in [-0.3, -0.25) is 0 Å². The maximum Gasteiger partial charge on any atom is 0.167 e. The summed E-state index contributed by atoms with van der Waals surface area (Å²) < 4.78 is 0.819. The highest BCUT2D eigenvalue weighted by Crippen LogP contribution is 2.15. The highest BCUT2D eigenvalue weighted by Gasteiger charge is 2.07. The molecule has 0 fully saturated rings. The molecule has 5 heteroatoms.